The van der Waals surface area contributed by atoms with Crippen molar-refractivity contribution in [3.05, 3.63) is 35.2 Å². The first kappa shape index (κ1) is 15.8. The fraction of sp³-hybridized carbons (Fsp3) is 0.588. The Balaban J connectivity index is 1.76. The van der Waals surface area contributed by atoms with Gasteiger partial charge >= 0.3 is 0 Å². The minimum Gasteiger partial charge on any atom is -0.361 e. The van der Waals surface area contributed by atoms with Crippen molar-refractivity contribution >= 4 is 5.91 Å². The SMILES string of the molecule is Cc1noc(C)c1[C@@H](C)C(=O)N1CCC[C@@H](n2ccnc2C)C1. The van der Waals surface area contributed by atoms with E-state index in [0.717, 1.165) is 48.8 Å². The highest BCUT2D eigenvalue weighted by Crippen LogP contribution is 2.28. The van der Waals surface area contributed by atoms with Crippen molar-refractivity contribution in [2.24, 2.45) is 0 Å². The van der Waals surface area contributed by atoms with Gasteiger partial charge in [0.15, 0.2) is 0 Å². The van der Waals surface area contributed by atoms with Crippen LogP contribution in [0.2, 0.25) is 0 Å². The van der Waals surface area contributed by atoms with Crippen molar-refractivity contribution in [3.63, 3.8) is 0 Å². The number of piperidine rings is 1. The normalized spacial score (nSPS) is 19.8. The fourth-order valence-electron chi connectivity index (χ4n) is 3.66. The van der Waals surface area contributed by atoms with Gasteiger partial charge in [-0.05, 0) is 40.5 Å². The second-order valence-corrected chi connectivity index (χ2v) is 6.42. The maximum absolute atomic E-state index is 12.9. The van der Waals surface area contributed by atoms with E-state index >= 15 is 0 Å². The number of rotatable bonds is 3. The molecular formula is C17H24N4O2. The summed E-state index contributed by atoms with van der Waals surface area (Å²) in [6.07, 6.45) is 5.93. The van der Waals surface area contributed by atoms with Gasteiger partial charge in [-0.2, -0.15) is 0 Å². The summed E-state index contributed by atoms with van der Waals surface area (Å²) in [6.45, 7) is 9.27. The number of hydrogen-bond donors (Lipinski definition) is 0. The fourth-order valence-corrected chi connectivity index (χ4v) is 3.66. The molecule has 1 saturated heterocycles. The molecule has 6 heteroatoms. The van der Waals surface area contributed by atoms with Gasteiger partial charge in [0.05, 0.1) is 17.7 Å². The van der Waals surface area contributed by atoms with E-state index in [1.165, 1.54) is 0 Å². The second-order valence-electron chi connectivity index (χ2n) is 6.42. The van der Waals surface area contributed by atoms with Gasteiger partial charge in [-0.25, -0.2) is 4.98 Å². The second kappa shape index (κ2) is 6.18. The zero-order chi connectivity index (χ0) is 16.6. The van der Waals surface area contributed by atoms with Gasteiger partial charge in [0.2, 0.25) is 5.91 Å². The number of carbonyl (C=O) groups excluding carboxylic acids is 1. The summed E-state index contributed by atoms with van der Waals surface area (Å²) in [5.74, 6) is 1.68. The molecule has 2 aromatic heterocycles. The number of aromatic nitrogens is 3. The summed E-state index contributed by atoms with van der Waals surface area (Å²) in [7, 11) is 0. The van der Waals surface area contributed by atoms with E-state index in [1.54, 1.807) is 0 Å². The van der Waals surface area contributed by atoms with Crippen molar-refractivity contribution in [1.82, 2.24) is 19.6 Å². The summed E-state index contributed by atoms with van der Waals surface area (Å²) in [6, 6.07) is 0.312. The van der Waals surface area contributed by atoms with E-state index in [1.807, 2.05) is 45.0 Å². The lowest BCUT2D eigenvalue weighted by molar-refractivity contribution is -0.134. The lowest BCUT2D eigenvalue weighted by atomic mass is 9.96. The zero-order valence-electron chi connectivity index (χ0n) is 14.2. The molecule has 2 aromatic rings. The molecule has 0 spiro atoms. The van der Waals surface area contributed by atoms with Gasteiger partial charge < -0.3 is 14.0 Å². The maximum atomic E-state index is 12.9. The van der Waals surface area contributed by atoms with Gasteiger partial charge in [0, 0.05) is 31.0 Å². The number of amides is 1. The smallest absolute Gasteiger partial charge is 0.230 e. The lowest BCUT2D eigenvalue weighted by Gasteiger charge is -2.35. The van der Waals surface area contributed by atoms with Gasteiger partial charge in [-0.15, -0.1) is 0 Å². The van der Waals surface area contributed by atoms with Crippen molar-refractivity contribution in [2.45, 2.75) is 52.5 Å². The van der Waals surface area contributed by atoms with Gasteiger partial charge in [-0.1, -0.05) is 5.16 Å². The molecule has 0 aromatic carbocycles. The molecule has 1 aliphatic rings. The van der Waals surface area contributed by atoms with E-state index in [-0.39, 0.29) is 11.8 Å². The van der Waals surface area contributed by atoms with E-state index in [4.69, 9.17) is 4.52 Å². The van der Waals surface area contributed by atoms with Gasteiger partial charge in [0.1, 0.15) is 11.6 Å². The third-order valence-corrected chi connectivity index (χ3v) is 4.86. The van der Waals surface area contributed by atoms with Crippen LogP contribution in [0.4, 0.5) is 0 Å². The number of imidazole rings is 1. The molecule has 0 unspecified atom stereocenters. The quantitative estimate of drug-likeness (QED) is 0.873. The lowest BCUT2D eigenvalue weighted by Crippen LogP contribution is -2.42. The van der Waals surface area contributed by atoms with E-state index in [0.29, 0.717) is 6.04 Å². The maximum Gasteiger partial charge on any atom is 0.230 e. The molecule has 23 heavy (non-hydrogen) atoms. The molecule has 0 aliphatic carbocycles. The minimum atomic E-state index is -0.219. The summed E-state index contributed by atoms with van der Waals surface area (Å²) in [4.78, 5) is 19.2. The third-order valence-electron chi connectivity index (χ3n) is 4.86. The molecule has 6 nitrogen and oxygen atoms in total. The van der Waals surface area contributed by atoms with Crippen LogP contribution in [0.25, 0.3) is 0 Å². The molecule has 1 fully saturated rings. The Morgan fingerprint density at radius 3 is 2.78 bits per heavy atom. The highest BCUT2D eigenvalue weighted by Gasteiger charge is 2.31. The van der Waals surface area contributed by atoms with Crippen molar-refractivity contribution < 1.29 is 9.32 Å². The van der Waals surface area contributed by atoms with Crippen LogP contribution >= 0.6 is 0 Å². The van der Waals surface area contributed by atoms with Crippen LogP contribution in [0.5, 0.6) is 0 Å². The Kier molecular flexibility index (Phi) is 4.24. The summed E-state index contributed by atoms with van der Waals surface area (Å²) < 4.78 is 7.40. The monoisotopic (exact) mass is 316 g/mol. The molecule has 0 bridgehead atoms. The van der Waals surface area contributed by atoms with Crippen molar-refractivity contribution in [3.8, 4) is 0 Å². The number of aryl methyl sites for hydroxylation is 3. The third kappa shape index (κ3) is 2.90. The predicted molar refractivity (Wildman–Crippen MR) is 86.2 cm³/mol. The van der Waals surface area contributed by atoms with Crippen LogP contribution in [0.15, 0.2) is 16.9 Å². The molecular weight excluding hydrogens is 292 g/mol. The molecule has 3 heterocycles. The average Bonchev–Trinajstić information content (AvgIpc) is 3.12. The van der Waals surface area contributed by atoms with Crippen molar-refractivity contribution in [2.75, 3.05) is 13.1 Å². The first-order valence-corrected chi connectivity index (χ1v) is 8.20. The standard InChI is InChI=1S/C17H24N4O2/c1-11(16-12(2)19-23-13(16)3)17(22)20-8-5-6-15(10-20)21-9-7-18-14(21)4/h7,9,11,15H,5-6,8,10H2,1-4H3/t11-,15-/m1/s1. The Morgan fingerprint density at radius 2 is 2.17 bits per heavy atom. The molecule has 0 radical (unpaired) electrons. The predicted octanol–water partition coefficient (Wildman–Crippen LogP) is 2.76. The molecule has 3 rings (SSSR count). The van der Waals surface area contributed by atoms with Crippen LogP contribution in [-0.4, -0.2) is 38.6 Å². The van der Waals surface area contributed by atoms with Crippen LogP contribution in [0.3, 0.4) is 0 Å². The Morgan fingerprint density at radius 1 is 1.39 bits per heavy atom. The minimum absolute atomic E-state index is 0.155. The highest BCUT2D eigenvalue weighted by molar-refractivity contribution is 5.84. The number of hydrogen-bond acceptors (Lipinski definition) is 4. The largest absolute Gasteiger partial charge is 0.361 e. The van der Waals surface area contributed by atoms with E-state index < -0.39 is 0 Å². The van der Waals surface area contributed by atoms with Crippen LogP contribution in [-0.2, 0) is 4.79 Å². The first-order valence-electron chi connectivity index (χ1n) is 8.20. The van der Waals surface area contributed by atoms with Crippen molar-refractivity contribution in [1.29, 1.82) is 0 Å². The Hall–Kier alpha value is -2.11. The average molecular weight is 316 g/mol. The number of likely N-dealkylation sites (tertiary alicyclic amines) is 1. The molecule has 0 saturated carbocycles. The van der Waals surface area contributed by atoms with E-state index in [2.05, 4.69) is 14.7 Å². The topological polar surface area (TPSA) is 64.2 Å². The van der Waals surface area contributed by atoms with Crippen LogP contribution in [0.1, 0.15) is 54.6 Å². The molecule has 1 aliphatic heterocycles. The zero-order valence-corrected chi connectivity index (χ0v) is 14.2. The number of nitrogens with zero attached hydrogens (tertiary/aromatic N) is 4. The van der Waals surface area contributed by atoms with Gasteiger partial charge in [-0.3, -0.25) is 4.79 Å². The molecule has 2 atom stereocenters. The molecule has 0 N–H and O–H groups in total. The first-order chi connectivity index (χ1) is 11.0. The molecule has 1 amide bonds. The highest BCUT2D eigenvalue weighted by atomic mass is 16.5. The Bertz CT molecular complexity index is 684. The van der Waals surface area contributed by atoms with Crippen LogP contribution < -0.4 is 0 Å². The summed E-state index contributed by atoms with van der Waals surface area (Å²) in [5.41, 5.74) is 1.73. The van der Waals surface area contributed by atoms with E-state index in [9.17, 15) is 4.79 Å². The van der Waals surface area contributed by atoms with Crippen LogP contribution in [0, 0.1) is 20.8 Å². The summed E-state index contributed by atoms with van der Waals surface area (Å²) in [5, 5.41) is 3.97. The number of carbonyl (C=O) groups is 1. The summed E-state index contributed by atoms with van der Waals surface area (Å²) >= 11 is 0. The Labute approximate surface area is 136 Å². The van der Waals surface area contributed by atoms with Gasteiger partial charge in [0.25, 0.3) is 0 Å². The molecule has 124 valence electrons.